The van der Waals surface area contributed by atoms with Crippen molar-refractivity contribution in [2.45, 2.75) is 25.2 Å². The lowest BCUT2D eigenvalue weighted by Crippen LogP contribution is -3.05. The molecule has 2 aromatic rings. The molecule has 1 heterocycles. The number of halogens is 1. The molecule has 0 bridgehead atoms. The van der Waals surface area contributed by atoms with Gasteiger partial charge in [0, 0.05) is 24.3 Å². The van der Waals surface area contributed by atoms with E-state index in [2.05, 4.69) is 80.5 Å². The molecule has 0 saturated heterocycles. The molecule has 6 heteroatoms. The highest BCUT2D eigenvalue weighted by molar-refractivity contribution is 5.85. The first kappa shape index (κ1) is 25.2. The molecule has 1 unspecified atom stereocenters. The van der Waals surface area contributed by atoms with Crippen LogP contribution in [-0.2, 0) is 16.0 Å². The third-order valence-electron chi connectivity index (χ3n) is 5.65. The van der Waals surface area contributed by atoms with Gasteiger partial charge in [-0.05, 0) is 56.7 Å². The molecule has 2 aromatic carbocycles. The number of nitrogens with zero attached hydrogens (tertiary/aromatic N) is 2. The van der Waals surface area contributed by atoms with Crippen molar-refractivity contribution < 1.29 is 26.8 Å². The summed E-state index contributed by atoms with van der Waals surface area (Å²) in [5, 5.41) is 0. The van der Waals surface area contributed by atoms with Gasteiger partial charge < -0.3 is 31.8 Å². The highest BCUT2D eigenvalue weighted by Gasteiger charge is 2.31. The smallest absolute Gasteiger partial charge is 0.313 e. The van der Waals surface area contributed by atoms with Gasteiger partial charge in [-0.2, -0.15) is 0 Å². The van der Waals surface area contributed by atoms with Crippen LogP contribution in [0.15, 0.2) is 48.5 Å². The van der Waals surface area contributed by atoms with Gasteiger partial charge in [-0.3, -0.25) is 4.79 Å². The fourth-order valence-corrected chi connectivity index (χ4v) is 4.13. The minimum atomic E-state index is -0.270. The monoisotopic (exact) mass is 445 g/mol. The number of carbonyl (C=O) groups excluding carboxylic acids is 1. The highest BCUT2D eigenvalue weighted by atomic mass is 35.5. The van der Waals surface area contributed by atoms with E-state index in [1.54, 1.807) is 0 Å². The summed E-state index contributed by atoms with van der Waals surface area (Å²) in [7, 11) is 8.44. The van der Waals surface area contributed by atoms with Crippen LogP contribution in [0.25, 0.3) is 0 Å². The number of benzene rings is 2. The molecule has 1 aliphatic heterocycles. The maximum absolute atomic E-state index is 13.1. The summed E-state index contributed by atoms with van der Waals surface area (Å²) in [6, 6.07) is 16.8. The number of rotatable bonds is 9. The van der Waals surface area contributed by atoms with Crippen molar-refractivity contribution in [1.82, 2.24) is 4.90 Å². The highest BCUT2D eigenvalue weighted by Crippen LogP contribution is 2.41. The fourth-order valence-electron chi connectivity index (χ4n) is 4.13. The fraction of sp³-hybridized carbons (Fsp3) is 0.480. The molecule has 1 N–H and O–H groups in total. The van der Waals surface area contributed by atoms with Crippen molar-refractivity contribution in [3.63, 3.8) is 0 Å². The van der Waals surface area contributed by atoms with Crippen LogP contribution in [0.3, 0.4) is 0 Å². The van der Waals surface area contributed by atoms with E-state index in [1.165, 1.54) is 16.2 Å². The number of esters is 1. The van der Waals surface area contributed by atoms with Gasteiger partial charge in [-0.25, -0.2) is 0 Å². The van der Waals surface area contributed by atoms with Crippen LogP contribution in [0.4, 0.5) is 11.4 Å². The van der Waals surface area contributed by atoms with Crippen molar-refractivity contribution in [2.24, 2.45) is 0 Å². The van der Waals surface area contributed by atoms with Crippen LogP contribution < -0.4 is 22.2 Å². The number of anilines is 2. The van der Waals surface area contributed by atoms with Gasteiger partial charge in [0.15, 0.2) is 0 Å². The number of nitrogens with one attached hydrogen (secondary N) is 1. The van der Waals surface area contributed by atoms with Crippen molar-refractivity contribution in [2.75, 3.05) is 59.3 Å². The number of hydrogen-bond donors (Lipinski definition) is 1. The third-order valence-corrected chi connectivity index (χ3v) is 5.65. The van der Waals surface area contributed by atoms with Crippen molar-refractivity contribution in [3.8, 4) is 0 Å². The van der Waals surface area contributed by atoms with E-state index in [0.29, 0.717) is 13.0 Å². The molecule has 1 atom stereocenters. The average molecular weight is 446 g/mol. The number of ether oxygens (including phenoxy) is 1. The summed E-state index contributed by atoms with van der Waals surface area (Å²) in [5.41, 5.74) is 4.61. The second-order valence-electron chi connectivity index (χ2n) is 8.73. The first-order valence-corrected chi connectivity index (χ1v) is 11.0. The molecule has 3 rings (SSSR count). The molecule has 1 aliphatic rings. The summed E-state index contributed by atoms with van der Waals surface area (Å²) < 4.78 is 5.73. The predicted molar refractivity (Wildman–Crippen MR) is 123 cm³/mol. The van der Waals surface area contributed by atoms with Gasteiger partial charge in [0.25, 0.3) is 0 Å². The number of carbonyl (C=O) groups is 1. The lowest BCUT2D eigenvalue weighted by atomic mass is 9.92. The van der Waals surface area contributed by atoms with Crippen LogP contribution in [0.1, 0.15) is 29.9 Å². The Balaban J connectivity index is 0.00000341. The number of para-hydroxylation sites is 2. The normalized spacial score (nSPS) is 15.2. The average Bonchev–Trinajstić information content (AvgIpc) is 2.86. The number of hydrogen-bond acceptors (Lipinski definition) is 4. The Labute approximate surface area is 193 Å². The second-order valence-corrected chi connectivity index (χ2v) is 8.73. The maximum Gasteiger partial charge on any atom is 0.313 e. The van der Waals surface area contributed by atoms with Crippen LogP contribution >= 0.6 is 0 Å². The Morgan fingerprint density at radius 3 is 2.45 bits per heavy atom. The molecular formula is C25H36ClN3O2. The molecule has 0 amide bonds. The van der Waals surface area contributed by atoms with Crippen LogP contribution in [-0.4, -0.2) is 65.3 Å². The van der Waals surface area contributed by atoms with E-state index in [9.17, 15) is 4.79 Å². The van der Waals surface area contributed by atoms with Crippen molar-refractivity contribution in [1.29, 1.82) is 0 Å². The molecule has 31 heavy (non-hydrogen) atoms. The minimum absolute atomic E-state index is 0. The lowest BCUT2D eigenvalue weighted by Gasteiger charge is -2.28. The molecule has 0 aliphatic carbocycles. The number of quaternary nitrogens is 1. The molecule has 0 spiro atoms. The first-order chi connectivity index (χ1) is 14.5. The minimum Gasteiger partial charge on any atom is -1.00 e. The molecule has 0 saturated carbocycles. The molecule has 5 nitrogen and oxygen atoms in total. The predicted octanol–water partition coefficient (Wildman–Crippen LogP) is -0.502. The first-order valence-electron chi connectivity index (χ1n) is 11.0. The molecule has 170 valence electrons. The molecule has 0 aromatic heterocycles. The van der Waals surface area contributed by atoms with E-state index in [-0.39, 0.29) is 24.3 Å². The number of fused-ring (bicyclic) bond motifs is 2. The third kappa shape index (κ3) is 6.70. The largest absolute Gasteiger partial charge is 1.00 e. The van der Waals surface area contributed by atoms with E-state index in [1.807, 2.05) is 6.07 Å². The van der Waals surface area contributed by atoms with E-state index in [4.69, 9.17) is 4.74 Å². The molecular weight excluding hydrogens is 410 g/mol. The second kappa shape index (κ2) is 12.1. The summed E-state index contributed by atoms with van der Waals surface area (Å²) in [4.78, 5) is 19.1. The maximum atomic E-state index is 13.1. The summed E-state index contributed by atoms with van der Waals surface area (Å²) in [6.45, 7) is 3.42. The lowest BCUT2D eigenvalue weighted by molar-refractivity contribution is -0.858. The van der Waals surface area contributed by atoms with Crippen molar-refractivity contribution in [3.05, 3.63) is 59.7 Å². The van der Waals surface area contributed by atoms with Gasteiger partial charge in [-0.1, -0.05) is 36.4 Å². The molecule has 0 radical (unpaired) electrons. The zero-order valence-corrected chi connectivity index (χ0v) is 20.0. The summed E-state index contributed by atoms with van der Waals surface area (Å²) in [6.07, 6.45) is 2.61. The van der Waals surface area contributed by atoms with Gasteiger partial charge in [0.1, 0.15) is 0 Å². The van der Waals surface area contributed by atoms with Crippen molar-refractivity contribution >= 4 is 17.3 Å². The van der Waals surface area contributed by atoms with Crippen LogP contribution in [0.2, 0.25) is 0 Å². The molecule has 0 fully saturated rings. The summed E-state index contributed by atoms with van der Waals surface area (Å²) >= 11 is 0. The Bertz CT molecular complexity index is 841. The van der Waals surface area contributed by atoms with E-state index >= 15 is 0 Å². The van der Waals surface area contributed by atoms with Gasteiger partial charge in [0.05, 0.1) is 33.2 Å². The zero-order valence-electron chi connectivity index (χ0n) is 19.2. The Morgan fingerprint density at radius 1 is 1.06 bits per heavy atom. The van der Waals surface area contributed by atoms with E-state index in [0.717, 1.165) is 43.7 Å². The Morgan fingerprint density at radius 2 is 1.74 bits per heavy atom. The Kier molecular flexibility index (Phi) is 9.82. The quantitative estimate of drug-likeness (QED) is 0.417. The van der Waals surface area contributed by atoms with Crippen LogP contribution in [0, 0.1) is 0 Å². The Hall–Kier alpha value is -2.08. The van der Waals surface area contributed by atoms with Gasteiger partial charge in [0.2, 0.25) is 0 Å². The summed E-state index contributed by atoms with van der Waals surface area (Å²) in [5.74, 6) is -0.381. The van der Waals surface area contributed by atoms with Crippen LogP contribution in [0.5, 0.6) is 0 Å². The topological polar surface area (TPSA) is 37.2 Å². The SMILES string of the molecule is CN(C)CCCN1c2ccccc2CC(C(=O)OCCC[NH+](C)C)c2ccccc21.[Cl-]. The van der Waals surface area contributed by atoms with Gasteiger partial charge >= 0.3 is 5.97 Å². The van der Waals surface area contributed by atoms with E-state index < -0.39 is 0 Å². The van der Waals surface area contributed by atoms with Gasteiger partial charge in [-0.15, -0.1) is 0 Å². The standard InChI is InChI=1S/C25H35N3O2.ClH/c1-26(2)15-9-17-28-23-13-7-5-11-20(23)19-22(21-12-6-8-14-24(21)28)25(29)30-18-10-16-27(3)4;/h5-8,11-14,22H,9-10,15-19H2,1-4H3;1H. The zero-order chi connectivity index (χ0) is 21.5.